The number of carbonyl (C=O) groups excluding carboxylic acids is 1. The highest BCUT2D eigenvalue weighted by Crippen LogP contribution is 2.74. The van der Waals surface area contributed by atoms with E-state index in [1.54, 1.807) is 0 Å². The molecule has 0 aromatic rings. The fraction of sp³-hybridized carbons (Fsp3) is 0.950. The summed E-state index contributed by atoms with van der Waals surface area (Å²) in [4.78, 5) is 15.4. The van der Waals surface area contributed by atoms with E-state index >= 15 is 4.79 Å². The highest BCUT2D eigenvalue weighted by atomic mass is 16.8. The van der Waals surface area contributed by atoms with Gasteiger partial charge in [0.15, 0.2) is 31.5 Å². The number of aliphatic hydroxyl groups excluding tert-OH is 16. The maximum absolute atomic E-state index is 15.4. The van der Waals surface area contributed by atoms with Crippen LogP contribution >= 0.6 is 0 Å². The predicted molar refractivity (Wildman–Crippen MR) is 298 cm³/mol. The van der Waals surface area contributed by atoms with Gasteiger partial charge in [0.2, 0.25) is 0 Å². The highest BCUT2D eigenvalue weighted by Gasteiger charge is 2.71. The molecule has 5 saturated heterocycles. The zero-order chi connectivity index (χ0) is 64.7. The van der Waals surface area contributed by atoms with Gasteiger partial charge in [-0.2, -0.15) is 0 Å². The molecule has 33 atom stereocenters. The zero-order valence-corrected chi connectivity index (χ0v) is 51.4. The first kappa shape index (κ1) is 70.6. The van der Waals surface area contributed by atoms with E-state index < -0.39 is 215 Å². The average molecular weight is 1270 g/mol. The van der Waals surface area contributed by atoms with Gasteiger partial charge in [-0.05, 0) is 93.3 Å². The molecule has 3 saturated carbocycles. The lowest BCUT2D eigenvalue weighted by Gasteiger charge is -2.65. The van der Waals surface area contributed by atoms with E-state index in [-0.39, 0.29) is 47.7 Å². The summed E-state index contributed by atoms with van der Waals surface area (Å²) in [6.07, 6.45) is -33.6. The van der Waals surface area contributed by atoms with Crippen molar-refractivity contribution in [3.05, 3.63) is 11.6 Å². The summed E-state index contributed by atoms with van der Waals surface area (Å²) in [6, 6.07) is 0. The number of ketones is 1. The molecule has 9 aliphatic rings. The molecule has 5 heterocycles. The lowest BCUT2D eigenvalue weighted by Crippen LogP contribution is -2.65. The summed E-state index contributed by atoms with van der Waals surface area (Å²) in [5.74, 6) is -0.0566. The molecule has 0 aromatic heterocycles. The molecule has 4 aliphatic carbocycles. The van der Waals surface area contributed by atoms with Gasteiger partial charge in [-0.25, -0.2) is 0 Å². The Morgan fingerprint density at radius 2 is 1.11 bits per heavy atom. The zero-order valence-electron chi connectivity index (χ0n) is 51.4. The third kappa shape index (κ3) is 12.7. The number of rotatable bonds is 20. The standard InChI is InChI=1S/C60H100O28/c1-24(9-13-37(57(4,5)78)86-55-51(87-38-17-28(65)39(67)29(19-61)80-38)45(73)42(70)33(84-55)23-79-52-47(75)43(71)40(68)30(20-62)81-52)25-15-16-58(6)34-12-10-26-27(60(34,8)35(66)18-59(25,58)7)11-14-36(56(26,2)3)85-53-49(77)46(74)50(32(22-64)83-53)88-54-48(76)44(72)41(69)31(21-63)82-54/h10,24-25,27-34,36-55,61-65,67-78H,9,11-23H2,1-8H3/t24-,25-,27?,28-,29-,30-,31-,32-,33-,34?,36+,37-,38+,39+,40-,41-,42-,43+,44+,45+,46-,47-,48-,49-,50-,51-,52-,53+,54+,55+,58+,59-,60+/m1/s1. The Morgan fingerprint density at radius 1 is 0.580 bits per heavy atom. The molecule has 8 fully saturated rings. The number of Topliss-reactive ketones (excluding diaryl/α,β-unsaturated/α-hetero) is 1. The SMILES string of the molecule is C[C@H](CC[C@@H](O[C@@H]1O[C@H](CO[C@@H]2O[C@H](CO)[C@@H](O)[C@H](O)[C@H]2O)[C@@H](O)[C@H](O)[C@H]1O[C@H]1C[C@@H](O)[C@H](O)[C@@H](CO)O1)C(C)(C)O)[C@H]1CC[C@@]2(C)C3CC=C4C(CC[C@H](O[C@@H]5O[C@H](CO)[C@@H](O[C@@H]6O[C@H](CO)[C@@H](O)[C@H](O)[C@H]6O)[C@H](O)[C@H]5O)C4(C)C)[C@]3(C)C(=O)C[C@]12C. The van der Waals surface area contributed by atoms with Gasteiger partial charge in [0, 0.05) is 23.7 Å². The minimum absolute atomic E-state index is 0.0364. The number of aliphatic hydroxyl groups is 17. The van der Waals surface area contributed by atoms with Gasteiger partial charge in [0.25, 0.3) is 0 Å². The van der Waals surface area contributed by atoms with E-state index in [0.29, 0.717) is 32.1 Å². The quantitative estimate of drug-likeness (QED) is 0.0514. The lowest BCUT2D eigenvalue weighted by atomic mass is 9.38. The van der Waals surface area contributed by atoms with Crippen molar-refractivity contribution < 1.29 is 139 Å². The minimum Gasteiger partial charge on any atom is -0.394 e. The molecule has 0 aromatic carbocycles. The molecule has 17 N–H and O–H groups in total. The molecule has 9 rings (SSSR count). The Balaban J connectivity index is 0.879. The molecule has 0 radical (unpaired) electrons. The van der Waals surface area contributed by atoms with E-state index in [4.69, 9.17) is 47.4 Å². The van der Waals surface area contributed by atoms with Crippen LogP contribution in [-0.2, 0) is 52.2 Å². The first-order valence-electron chi connectivity index (χ1n) is 31.3. The van der Waals surface area contributed by atoms with Crippen molar-refractivity contribution in [2.24, 2.45) is 45.3 Å². The van der Waals surface area contributed by atoms with Crippen LogP contribution in [0.25, 0.3) is 0 Å². The monoisotopic (exact) mass is 1270 g/mol. The summed E-state index contributed by atoms with van der Waals surface area (Å²) in [6.45, 7) is 12.4. The van der Waals surface area contributed by atoms with Gasteiger partial charge < -0.3 is 134 Å². The Labute approximate surface area is 511 Å². The van der Waals surface area contributed by atoms with Crippen LogP contribution < -0.4 is 0 Å². The number of hydrogen-bond acceptors (Lipinski definition) is 28. The molecule has 508 valence electrons. The largest absolute Gasteiger partial charge is 0.394 e. The van der Waals surface area contributed by atoms with Crippen LogP contribution in [0.2, 0.25) is 0 Å². The fourth-order valence-corrected chi connectivity index (χ4v) is 16.8. The summed E-state index contributed by atoms with van der Waals surface area (Å²) in [7, 11) is 0. The second-order valence-electron chi connectivity index (χ2n) is 28.4. The third-order valence-electron chi connectivity index (χ3n) is 22.5. The number of fused-ring (bicyclic) bond motifs is 5. The number of allylic oxidation sites excluding steroid dienone is 1. The third-order valence-corrected chi connectivity index (χ3v) is 22.5. The van der Waals surface area contributed by atoms with Crippen molar-refractivity contribution in [1.29, 1.82) is 0 Å². The van der Waals surface area contributed by atoms with Gasteiger partial charge in [0.05, 0.1) is 56.9 Å². The smallest absolute Gasteiger partial charge is 0.187 e. The topological polar surface area (TPSA) is 453 Å². The molecule has 88 heavy (non-hydrogen) atoms. The van der Waals surface area contributed by atoms with Crippen molar-refractivity contribution in [1.82, 2.24) is 0 Å². The molecule has 0 spiro atoms. The van der Waals surface area contributed by atoms with Crippen LogP contribution in [0.5, 0.6) is 0 Å². The maximum Gasteiger partial charge on any atom is 0.187 e. The van der Waals surface area contributed by atoms with Crippen molar-refractivity contribution in [2.45, 2.75) is 278 Å². The van der Waals surface area contributed by atoms with E-state index in [2.05, 4.69) is 33.8 Å². The van der Waals surface area contributed by atoms with Crippen LogP contribution in [0.4, 0.5) is 0 Å². The molecule has 0 bridgehead atoms. The summed E-state index contributed by atoms with van der Waals surface area (Å²) >= 11 is 0. The van der Waals surface area contributed by atoms with E-state index in [1.807, 2.05) is 13.8 Å². The van der Waals surface area contributed by atoms with Crippen molar-refractivity contribution in [2.75, 3.05) is 33.0 Å². The van der Waals surface area contributed by atoms with E-state index in [0.717, 1.165) is 18.4 Å². The average Bonchev–Trinajstić information content (AvgIpc) is 1.28. The fourth-order valence-electron chi connectivity index (χ4n) is 16.8. The van der Waals surface area contributed by atoms with E-state index in [9.17, 15) is 86.8 Å². The molecule has 2 unspecified atom stereocenters. The number of ether oxygens (including phenoxy) is 10. The molecule has 0 amide bonds. The van der Waals surface area contributed by atoms with Gasteiger partial charge in [-0.1, -0.05) is 53.2 Å². The predicted octanol–water partition coefficient (Wildman–Crippen LogP) is -4.17. The van der Waals surface area contributed by atoms with Crippen LogP contribution in [-0.4, -0.2) is 291 Å². The highest BCUT2D eigenvalue weighted by molar-refractivity contribution is 5.88. The molecule has 28 nitrogen and oxygen atoms in total. The number of hydrogen-bond donors (Lipinski definition) is 17. The van der Waals surface area contributed by atoms with Gasteiger partial charge >= 0.3 is 0 Å². The van der Waals surface area contributed by atoms with Gasteiger partial charge in [-0.15, -0.1) is 0 Å². The van der Waals surface area contributed by atoms with Crippen molar-refractivity contribution in [3.63, 3.8) is 0 Å². The lowest BCUT2D eigenvalue weighted by molar-refractivity contribution is -0.369. The van der Waals surface area contributed by atoms with Crippen molar-refractivity contribution >= 4 is 5.78 Å². The molecule has 28 heteroatoms. The molecular formula is C60H100O28. The van der Waals surface area contributed by atoms with Gasteiger partial charge in [-0.3, -0.25) is 4.79 Å². The number of carbonyl (C=O) groups is 1. The first-order valence-corrected chi connectivity index (χ1v) is 31.3. The Hall–Kier alpha value is -1.67. The van der Waals surface area contributed by atoms with Crippen LogP contribution in [0.15, 0.2) is 11.6 Å². The molecular weight excluding hydrogens is 1170 g/mol. The maximum atomic E-state index is 15.4. The second kappa shape index (κ2) is 27.2. The normalized spacial score (nSPS) is 50.6. The van der Waals surface area contributed by atoms with Crippen LogP contribution in [0, 0.1) is 45.3 Å². The first-order chi connectivity index (χ1) is 41.2. The van der Waals surface area contributed by atoms with Crippen LogP contribution in [0.1, 0.15) is 113 Å². The second-order valence-corrected chi connectivity index (χ2v) is 28.4. The molecule has 5 aliphatic heterocycles. The summed E-state index contributed by atoms with van der Waals surface area (Å²) < 4.78 is 59.8. The Morgan fingerprint density at radius 3 is 1.73 bits per heavy atom. The van der Waals surface area contributed by atoms with E-state index in [1.165, 1.54) is 13.8 Å². The minimum atomic E-state index is -1.84. The van der Waals surface area contributed by atoms with Crippen LogP contribution in [0.3, 0.4) is 0 Å². The van der Waals surface area contributed by atoms with Gasteiger partial charge in [0.1, 0.15) is 116 Å². The Kier molecular flexibility index (Phi) is 21.8. The summed E-state index contributed by atoms with van der Waals surface area (Å²) in [5, 5.41) is 181. The Bertz CT molecular complexity index is 2360. The summed E-state index contributed by atoms with van der Waals surface area (Å²) in [5.41, 5.74) is -2.81. The van der Waals surface area contributed by atoms with Crippen molar-refractivity contribution in [3.8, 4) is 0 Å².